The molecule has 1 saturated heterocycles. The molecule has 0 aliphatic carbocycles. The van der Waals surface area contributed by atoms with Gasteiger partial charge in [0.2, 0.25) is 0 Å². The van der Waals surface area contributed by atoms with Crippen LogP contribution in [0, 0.1) is 6.92 Å². The standard InChI is InChI=1S/C23H29N3O4/c1-17-5-4-6-18(15-17)9-10-24-23(28)26-13-11-25(12-14-26)22(27)20-8-7-19(29-2)16-21(20)30-3/h4-8,15-16H,9-14H2,1-3H3,(H,24,28). The van der Waals surface area contributed by atoms with Gasteiger partial charge in [0.1, 0.15) is 11.5 Å². The number of carbonyl (C=O) groups is 2. The summed E-state index contributed by atoms with van der Waals surface area (Å²) in [4.78, 5) is 28.9. The van der Waals surface area contributed by atoms with Crippen molar-refractivity contribution in [1.82, 2.24) is 15.1 Å². The Morgan fingerprint density at radius 2 is 1.70 bits per heavy atom. The molecule has 2 aromatic rings. The van der Waals surface area contributed by atoms with Gasteiger partial charge in [0, 0.05) is 38.8 Å². The number of urea groups is 1. The van der Waals surface area contributed by atoms with Crippen molar-refractivity contribution in [2.24, 2.45) is 0 Å². The first-order chi connectivity index (χ1) is 14.5. The van der Waals surface area contributed by atoms with Crippen LogP contribution in [0.25, 0.3) is 0 Å². The summed E-state index contributed by atoms with van der Waals surface area (Å²) in [5.41, 5.74) is 2.92. The van der Waals surface area contributed by atoms with E-state index in [2.05, 4.69) is 30.4 Å². The van der Waals surface area contributed by atoms with Crippen LogP contribution in [0.5, 0.6) is 11.5 Å². The minimum Gasteiger partial charge on any atom is -0.497 e. The Balaban J connectivity index is 1.49. The van der Waals surface area contributed by atoms with Crippen molar-refractivity contribution in [1.29, 1.82) is 0 Å². The molecule has 0 spiro atoms. The number of piperazine rings is 1. The predicted molar refractivity (Wildman–Crippen MR) is 115 cm³/mol. The summed E-state index contributed by atoms with van der Waals surface area (Å²) in [7, 11) is 3.10. The molecule has 3 rings (SSSR count). The van der Waals surface area contributed by atoms with Crippen LogP contribution < -0.4 is 14.8 Å². The van der Waals surface area contributed by atoms with Crippen LogP contribution in [0.3, 0.4) is 0 Å². The van der Waals surface area contributed by atoms with Crippen LogP contribution in [0.2, 0.25) is 0 Å². The molecule has 1 heterocycles. The lowest BCUT2D eigenvalue weighted by Crippen LogP contribution is -2.53. The summed E-state index contributed by atoms with van der Waals surface area (Å²) in [6.07, 6.45) is 0.795. The van der Waals surface area contributed by atoms with Gasteiger partial charge in [0.15, 0.2) is 0 Å². The second-order valence-corrected chi connectivity index (χ2v) is 7.32. The van der Waals surface area contributed by atoms with Gasteiger partial charge in [-0.1, -0.05) is 29.8 Å². The summed E-state index contributed by atoms with van der Waals surface area (Å²) in [5, 5.41) is 2.98. The van der Waals surface area contributed by atoms with E-state index in [1.165, 1.54) is 18.2 Å². The van der Waals surface area contributed by atoms with Crippen LogP contribution in [0.15, 0.2) is 42.5 Å². The molecule has 7 heteroatoms. The summed E-state index contributed by atoms with van der Waals surface area (Å²) in [5.74, 6) is 1.01. The Morgan fingerprint density at radius 1 is 0.967 bits per heavy atom. The van der Waals surface area contributed by atoms with E-state index in [-0.39, 0.29) is 11.9 Å². The van der Waals surface area contributed by atoms with Crippen molar-refractivity contribution >= 4 is 11.9 Å². The average molecular weight is 412 g/mol. The fraction of sp³-hybridized carbons (Fsp3) is 0.391. The lowest BCUT2D eigenvalue weighted by Gasteiger charge is -2.35. The number of carbonyl (C=O) groups excluding carboxylic acids is 2. The number of hydrogen-bond donors (Lipinski definition) is 1. The van der Waals surface area contributed by atoms with Gasteiger partial charge in [0.25, 0.3) is 5.91 Å². The Labute approximate surface area is 177 Å². The maximum Gasteiger partial charge on any atom is 0.317 e. The van der Waals surface area contributed by atoms with E-state index in [4.69, 9.17) is 9.47 Å². The van der Waals surface area contributed by atoms with E-state index >= 15 is 0 Å². The SMILES string of the molecule is COc1ccc(C(=O)N2CCN(C(=O)NCCc3cccc(C)c3)CC2)c(OC)c1. The molecule has 2 aromatic carbocycles. The first-order valence-electron chi connectivity index (χ1n) is 10.1. The molecule has 0 aromatic heterocycles. The Kier molecular flexibility index (Phi) is 7.17. The average Bonchev–Trinajstić information content (AvgIpc) is 2.78. The monoisotopic (exact) mass is 411 g/mol. The van der Waals surface area contributed by atoms with Crippen molar-refractivity contribution in [3.8, 4) is 11.5 Å². The lowest BCUT2D eigenvalue weighted by atomic mass is 10.1. The van der Waals surface area contributed by atoms with Gasteiger partial charge in [-0.15, -0.1) is 0 Å². The summed E-state index contributed by atoms with van der Waals surface area (Å²) in [6, 6.07) is 13.4. The minimum atomic E-state index is -0.103. The highest BCUT2D eigenvalue weighted by Gasteiger charge is 2.26. The molecule has 160 valence electrons. The second kappa shape index (κ2) is 10.0. The third-order valence-electron chi connectivity index (χ3n) is 5.27. The number of nitrogens with zero attached hydrogens (tertiary/aromatic N) is 2. The molecule has 0 radical (unpaired) electrons. The number of benzene rings is 2. The van der Waals surface area contributed by atoms with Crippen molar-refractivity contribution in [3.05, 3.63) is 59.2 Å². The normalized spacial score (nSPS) is 13.7. The largest absolute Gasteiger partial charge is 0.497 e. The third kappa shape index (κ3) is 5.23. The van der Waals surface area contributed by atoms with Gasteiger partial charge in [-0.2, -0.15) is 0 Å². The fourth-order valence-electron chi connectivity index (χ4n) is 3.55. The van der Waals surface area contributed by atoms with Gasteiger partial charge >= 0.3 is 6.03 Å². The Morgan fingerprint density at radius 3 is 2.37 bits per heavy atom. The second-order valence-electron chi connectivity index (χ2n) is 7.32. The first kappa shape index (κ1) is 21.5. The van der Waals surface area contributed by atoms with Crippen LogP contribution in [-0.4, -0.2) is 68.7 Å². The highest BCUT2D eigenvalue weighted by atomic mass is 16.5. The summed E-state index contributed by atoms with van der Waals surface area (Å²) >= 11 is 0. The molecular formula is C23H29N3O4. The van der Waals surface area contributed by atoms with Gasteiger partial charge in [-0.3, -0.25) is 4.79 Å². The quantitative estimate of drug-likeness (QED) is 0.794. The zero-order chi connectivity index (χ0) is 21.5. The van der Waals surface area contributed by atoms with Crippen molar-refractivity contribution < 1.29 is 19.1 Å². The number of aryl methyl sites for hydroxylation is 1. The minimum absolute atomic E-state index is 0.0863. The zero-order valence-electron chi connectivity index (χ0n) is 17.8. The fourth-order valence-corrected chi connectivity index (χ4v) is 3.55. The lowest BCUT2D eigenvalue weighted by molar-refractivity contribution is 0.0662. The molecule has 30 heavy (non-hydrogen) atoms. The van der Waals surface area contributed by atoms with Crippen molar-refractivity contribution in [2.45, 2.75) is 13.3 Å². The van der Waals surface area contributed by atoms with E-state index in [1.54, 1.807) is 35.1 Å². The molecule has 1 fully saturated rings. The van der Waals surface area contributed by atoms with Crippen LogP contribution in [0.4, 0.5) is 4.79 Å². The topological polar surface area (TPSA) is 71.1 Å². The number of nitrogens with one attached hydrogen (secondary N) is 1. The molecule has 0 saturated carbocycles. The number of hydrogen-bond acceptors (Lipinski definition) is 4. The van der Waals surface area contributed by atoms with E-state index in [0.717, 1.165) is 6.42 Å². The van der Waals surface area contributed by atoms with Gasteiger partial charge in [0.05, 0.1) is 19.8 Å². The number of methoxy groups -OCH3 is 2. The number of rotatable bonds is 6. The Hall–Kier alpha value is -3.22. The summed E-state index contributed by atoms with van der Waals surface area (Å²) < 4.78 is 10.5. The molecule has 7 nitrogen and oxygen atoms in total. The highest BCUT2D eigenvalue weighted by Crippen LogP contribution is 2.26. The molecule has 0 unspecified atom stereocenters. The molecule has 1 N–H and O–H groups in total. The van der Waals surface area contributed by atoms with E-state index < -0.39 is 0 Å². The Bertz CT molecular complexity index is 892. The van der Waals surface area contributed by atoms with Crippen molar-refractivity contribution in [3.63, 3.8) is 0 Å². The zero-order valence-corrected chi connectivity index (χ0v) is 17.8. The maximum absolute atomic E-state index is 12.9. The smallest absolute Gasteiger partial charge is 0.317 e. The third-order valence-corrected chi connectivity index (χ3v) is 5.27. The number of ether oxygens (including phenoxy) is 2. The van der Waals surface area contributed by atoms with Crippen molar-refractivity contribution in [2.75, 3.05) is 46.9 Å². The van der Waals surface area contributed by atoms with E-state index in [0.29, 0.717) is 49.8 Å². The summed E-state index contributed by atoms with van der Waals surface area (Å²) in [6.45, 7) is 4.62. The number of amides is 3. The van der Waals surface area contributed by atoms with E-state index in [9.17, 15) is 9.59 Å². The van der Waals surface area contributed by atoms with Crippen LogP contribution >= 0.6 is 0 Å². The van der Waals surface area contributed by atoms with Gasteiger partial charge < -0.3 is 24.6 Å². The van der Waals surface area contributed by atoms with Crippen LogP contribution in [-0.2, 0) is 6.42 Å². The van der Waals surface area contributed by atoms with Gasteiger partial charge in [-0.25, -0.2) is 4.79 Å². The van der Waals surface area contributed by atoms with Gasteiger partial charge in [-0.05, 0) is 31.0 Å². The first-order valence-corrected chi connectivity index (χ1v) is 10.1. The highest BCUT2D eigenvalue weighted by molar-refractivity contribution is 5.97. The predicted octanol–water partition coefficient (Wildman–Crippen LogP) is 2.72. The molecule has 1 aliphatic rings. The molecule has 1 aliphatic heterocycles. The maximum atomic E-state index is 12.9. The molecule has 0 bridgehead atoms. The molecule has 0 atom stereocenters. The van der Waals surface area contributed by atoms with Crippen LogP contribution in [0.1, 0.15) is 21.5 Å². The molecule has 3 amide bonds. The molecular weight excluding hydrogens is 382 g/mol. The van der Waals surface area contributed by atoms with E-state index in [1.807, 2.05) is 6.07 Å².